The molecule has 102 valence electrons. The van der Waals surface area contributed by atoms with Crippen molar-refractivity contribution in [3.05, 3.63) is 51.8 Å². The normalized spacial score (nSPS) is 12.6. The predicted octanol–water partition coefficient (Wildman–Crippen LogP) is 3.91. The number of nitrogens with one attached hydrogen (secondary N) is 1. The van der Waals surface area contributed by atoms with Crippen LogP contribution in [-0.4, -0.2) is 16.8 Å². The minimum Gasteiger partial charge on any atom is -0.309 e. The summed E-state index contributed by atoms with van der Waals surface area (Å²) in [4.78, 5) is 0. The molecule has 0 aliphatic heterocycles. The molecule has 2 rings (SSSR count). The quantitative estimate of drug-likeness (QED) is 0.907. The van der Waals surface area contributed by atoms with Crippen molar-refractivity contribution in [3.63, 3.8) is 0 Å². The van der Waals surface area contributed by atoms with Crippen LogP contribution in [-0.2, 0) is 6.54 Å². The summed E-state index contributed by atoms with van der Waals surface area (Å²) < 4.78 is 1.94. The van der Waals surface area contributed by atoms with Crippen LogP contribution in [0, 0.1) is 0 Å². The first kappa shape index (κ1) is 14.4. The van der Waals surface area contributed by atoms with E-state index >= 15 is 0 Å². The minimum atomic E-state index is -0.00296. The van der Waals surface area contributed by atoms with Crippen molar-refractivity contribution < 1.29 is 0 Å². The van der Waals surface area contributed by atoms with Crippen LogP contribution in [0.1, 0.15) is 30.5 Å². The first-order valence-corrected chi connectivity index (χ1v) is 7.06. The van der Waals surface area contributed by atoms with Crippen molar-refractivity contribution in [1.82, 2.24) is 15.1 Å². The Kier molecular flexibility index (Phi) is 4.86. The highest BCUT2D eigenvalue weighted by molar-refractivity contribution is 6.42. The Bertz CT molecular complexity index is 551. The second-order valence-corrected chi connectivity index (χ2v) is 5.19. The highest BCUT2D eigenvalue weighted by atomic mass is 35.5. The third-order valence-corrected chi connectivity index (χ3v) is 3.85. The third kappa shape index (κ3) is 3.11. The van der Waals surface area contributed by atoms with Gasteiger partial charge in [0.25, 0.3) is 0 Å². The van der Waals surface area contributed by atoms with Crippen LogP contribution in [0.4, 0.5) is 0 Å². The zero-order chi connectivity index (χ0) is 13.8. The lowest BCUT2D eigenvalue weighted by atomic mass is 10.0. The molecule has 0 radical (unpaired) electrons. The first-order valence-electron chi connectivity index (χ1n) is 6.31. The molecule has 1 atom stereocenters. The smallest absolute Gasteiger partial charge is 0.0643 e. The average molecular weight is 298 g/mol. The lowest BCUT2D eigenvalue weighted by molar-refractivity contribution is 0.600. The van der Waals surface area contributed by atoms with Crippen LogP contribution in [0.5, 0.6) is 0 Å². The van der Waals surface area contributed by atoms with E-state index in [2.05, 4.69) is 17.3 Å². The van der Waals surface area contributed by atoms with Gasteiger partial charge in [-0.1, -0.05) is 42.3 Å². The Morgan fingerprint density at radius 2 is 2.16 bits per heavy atom. The molecule has 1 aromatic heterocycles. The fourth-order valence-corrected chi connectivity index (χ4v) is 2.54. The maximum atomic E-state index is 6.29. The Labute approximate surface area is 123 Å². The van der Waals surface area contributed by atoms with Crippen molar-refractivity contribution in [2.24, 2.45) is 0 Å². The summed E-state index contributed by atoms with van der Waals surface area (Å²) in [5, 5.41) is 8.77. The number of hydrogen-bond acceptors (Lipinski definition) is 2. The molecule has 0 bridgehead atoms. The third-order valence-electron chi connectivity index (χ3n) is 3.02. The predicted molar refractivity (Wildman–Crippen MR) is 79.9 cm³/mol. The van der Waals surface area contributed by atoms with Crippen LogP contribution in [0.15, 0.2) is 30.6 Å². The number of halogens is 2. The van der Waals surface area contributed by atoms with E-state index in [1.807, 2.05) is 36.3 Å². The maximum absolute atomic E-state index is 6.29. The molecule has 0 aliphatic rings. The van der Waals surface area contributed by atoms with Gasteiger partial charge in [-0.15, -0.1) is 0 Å². The molecule has 1 unspecified atom stereocenters. The lowest BCUT2D eigenvalue weighted by Gasteiger charge is -2.17. The maximum Gasteiger partial charge on any atom is 0.0643 e. The summed E-state index contributed by atoms with van der Waals surface area (Å²) >= 11 is 12.4. The van der Waals surface area contributed by atoms with Crippen molar-refractivity contribution >= 4 is 23.2 Å². The van der Waals surface area contributed by atoms with Gasteiger partial charge in [-0.05, 0) is 25.1 Å². The summed E-state index contributed by atoms with van der Waals surface area (Å²) in [5.41, 5.74) is 2.05. The summed E-state index contributed by atoms with van der Waals surface area (Å²) in [6.45, 7) is 3.05. The molecule has 0 fully saturated rings. The van der Waals surface area contributed by atoms with E-state index in [0.29, 0.717) is 10.0 Å². The zero-order valence-electron chi connectivity index (χ0n) is 11.0. The van der Waals surface area contributed by atoms with E-state index in [1.165, 1.54) is 0 Å². The van der Waals surface area contributed by atoms with Gasteiger partial charge in [0.1, 0.15) is 0 Å². The Morgan fingerprint density at radius 1 is 1.37 bits per heavy atom. The largest absolute Gasteiger partial charge is 0.309 e. The molecule has 2 aromatic rings. The Balaban J connectivity index is 2.35. The zero-order valence-corrected chi connectivity index (χ0v) is 12.5. The van der Waals surface area contributed by atoms with Crippen LogP contribution in [0.3, 0.4) is 0 Å². The molecule has 0 saturated carbocycles. The number of aromatic nitrogens is 2. The molecule has 5 heteroatoms. The highest BCUT2D eigenvalue weighted by Gasteiger charge is 2.18. The molecule has 1 heterocycles. The van der Waals surface area contributed by atoms with Gasteiger partial charge in [0, 0.05) is 18.3 Å². The fourth-order valence-electron chi connectivity index (χ4n) is 2.13. The van der Waals surface area contributed by atoms with Gasteiger partial charge < -0.3 is 5.32 Å². The van der Waals surface area contributed by atoms with E-state index in [9.17, 15) is 0 Å². The monoisotopic (exact) mass is 297 g/mol. The molecule has 3 nitrogen and oxygen atoms in total. The highest BCUT2D eigenvalue weighted by Crippen LogP contribution is 2.32. The summed E-state index contributed by atoms with van der Waals surface area (Å²) in [6, 6.07) is 5.68. The van der Waals surface area contributed by atoms with Crippen LogP contribution in [0.25, 0.3) is 0 Å². The number of benzene rings is 1. The average Bonchev–Trinajstić information content (AvgIpc) is 2.84. The molecule has 0 amide bonds. The summed E-state index contributed by atoms with van der Waals surface area (Å²) in [5.74, 6) is 0. The van der Waals surface area contributed by atoms with Crippen molar-refractivity contribution in [1.29, 1.82) is 0 Å². The molecule has 0 spiro atoms. The summed E-state index contributed by atoms with van der Waals surface area (Å²) in [6.07, 6.45) is 4.97. The molecule has 0 aliphatic carbocycles. The van der Waals surface area contributed by atoms with Crippen molar-refractivity contribution in [3.8, 4) is 0 Å². The van der Waals surface area contributed by atoms with Crippen LogP contribution < -0.4 is 5.32 Å². The van der Waals surface area contributed by atoms with Gasteiger partial charge in [0.2, 0.25) is 0 Å². The van der Waals surface area contributed by atoms with E-state index in [4.69, 9.17) is 23.2 Å². The van der Waals surface area contributed by atoms with E-state index in [1.54, 1.807) is 6.07 Å². The molecule has 0 saturated heterocycles. The molecule has 19 heavy (non-hydrogen) atoms. The standard InChI is InChI=1S/C14H17Cl2N3/c1-3-7-19-9-10(8-18-19)14(17-2)11-5-4-6-12(15)13(11)16/h4-6,8-9,14,17H,3,7H2,1-2H3. The first-order chi connectivity index (χ1) is 9.17. The topological polar surface area (TPSA) is 29.9 Å². The van der Waals surface area contributed by atoms with Crippen molar-refractivity contribution in [2.75, 3.05) is 7.05 Å². The van der Waals surface area contributed by atoms with Gasteiger partial charge in [-0.2, -0.15) is 5.10 Å². The minimum absolute atomic E-state index is 0.00296. The number of hydrogen-bond donors (Lipinski definition) is 1. The van der Waals surface area contributed by atoms with Crippen molar-refractivity contribution in [2.45, 2.75) is 25.9 Å². The summed E-state index contributed by atoms with van der Waals surface area (Å²) in [7, 11) is 1.90. The van der Waals surface area contributed by atoms with Gasteiger partial charge >= 0.3 is 0 Å². The number of aryl methyl sites for hydroxylation is 1. The van der Waals surface area contributed by atoms with E-state index in [-0.39, 0.29) is 6.04 Å². The van der Waals surface area contributed by atoms with Crippen LogP contribution >= 0.6 is 23.2 Å². The number of nitrogens with zero attached hydrogens (tertiary/aromatic N) is 2. The van der Waals surface area contributed by atoms with E-state index in [0.717, 1.165) is 24.1 Å². The Hall–Kier alpha value is -1.03. The number of rotatable bonds is 5. The molecule has 1 aromatic carbocycles. The lowest BCUT2D eigenvalue weighted by Crippen LogP contribution is -2.17. The van der Waals surface area contributed by atoms with Gasteiger partial charge in [0.05, 0.1) is 22.3 Å². The second kappa shape index (κ2) is 6.42. The fraction of sp³-hybridized carbons (Fsp3) is 0.357. The van der Waals surface area contributed by atoms with Gasteiger partial charge in [0.15, 0.2) is 0 Å². The molecular formula is C14H17Cl2N3. The van der Waals surface area contributed by atoms with Gasteiger partial charge in [-0.3, -0.25) is 4.68 Å². The van der Waals surface area contributed by atoms with E-state index < -0.39 is 0 Å². The molecular weight excluding hydrogens is 281 g/mol. The second-order valence-electron chi connectivity index (χ2n) is 4.40. The molecule has 1 N–H and O–H groups in total. The Morgan fingerprint density at radius 3 is 2.84 bits per heavy atom. The van der Waals surface area contributed by atoms with Gasteiger partial charge in [-0.25, -0.2) is 0 Å². The van der Waals surface area contributed by atoms with Crippen LogP contribution in [0.2, 0.25) is 10.0 Å². The SMILES string of the molecule is CCCn1cc(C(NC)c2cccc(Cl)c2Cl)cn1.